The second kappa shape index (κ2) is 4.96. The highest BCUT2D eigenvalue weighted by molar-refractivity contribution is 6.27. The monoisotopic (exact) mass is 280 g/mol. The maximum Gasteiger partial charge on any atom is 0.00487 e. The lowest BCUT2D eigenvalue weighted by Crippen LogP contribution is -1.94. The van der Waals surface area contributed by atoms with Crippen LogP contribution in [0.3, 0.4) is 0 Å². The minimum Gasteiger partial charge on any atom is -0.0929 e. The van der Waals surface area contributed by atoms with Gasteiger partial charge in [-0.25, -0.2) is 0 Å². The van der Waals surface area contributed by atoms with Gasteiger partial charge in [0.25, 0.3) is 0 Å². The van der Waals surface area contributed by atoms with Crippen molar-refractivity contribution in [2.45, 2.75) is 20.8 Å². The van der Waals surface area contributed by atoms with Crippen molar-refractivity contribution in [2.75, 3.05) is 0 Å². The normalized spacial score (nSPS) is 11.8. The van der Waals surface area contributed by atoms with E-state index in [1.807, 2.05) is 6.08 Å². The van der Waals surface area contributed by atoms with Crippen molar-refractivity contribution in [3.05, 3.63) is 64.2 Å². The maximum absolute atomic E-state index is 5.84. The van der Waals surface area contributed by atoms with Crippen LogP contribution in [0.2, 0.25) is 0 Å². The van der Waals surface area contributed by atoms with E-state index in [0.717, 1.165) is 0 Å². The summed E-state index contributed by atoms with van der Waals surface area (Å²) >= 11 is 5.84. The average Bonchev–Trinajstić information content (AvgIpc) is 2.48. The first-order chi connectivity index (χ1) is 9.63. The summed E-state index contributed by atoms with van der Waals surface area (Å²) < 4.78 is 0. The molecule has 100 valence electrons. The van der Waals surface area contributed by atoms with Gasteiger partial charge in [0.15, 0.2) is 0 Å². The molecule has 0 atom stereocenters. The van der Waals surface area contributed by atoms with Crippen molar-refractivity contribution in [3.8, 4) is 0 Å². The first kappa shape index (κ1) is 13.2. The number of halogens is 1. The van der Waals surface area contributed by atoms with Crippen LogP contribution in [0.1, 0.15) is 22.3 Å². The highest BCUT2D eigenvalue weighted by Gasteiger charge is 2.10. The Hall–Kier alpha value is -1.79. The van der Waals surface area contributed by atoms with E-state index in [4.69, 9.17) is 11.6 Å². The smallest absolute Gasteiger partial charge is 0.00487 e. The average molecular weight is 281 g/mol. The van der Waals surface area contributed by atoms with Crippen LogP contribution in [-0.4, -0.2) is 0 Å². The van der Waals surface area contributed by atoms with Gasteiger partial charge in [-0.2, -0.15) is 0 Å². The molecule has 0 aliphatic heterocycles. The van der Waals surface area contributed by atoms with Gasteiger partial charge < -0.3 is 0 Å². The summed E-state index contributed by atoms with van der Waals surface area (Å²) in [6, 6.07) is 13.1. The van der Waals surface area contributed by atoms with E-state index in [1.165, 1.54) is 43.8 Å². The van der Waals surface area contributed by atoms with Crippen LogP contribution in [0.15, 0.2) is 41.9 Å². The molecule has 0 saturated carbocycles. The Kier molecular flexibility index (Phi) is 3.27. The number of hydrogen-bond donors (Lipinski definition) is 0. The standard InChI is InChI=1S/C19H17Cl/c1-12-13(2)17(8-9-20)19-11-16-7-5-4-6-15(16)10-18(19)14(12)3/h4-11H,1-3H3/b9-8+. The van der Waals surface area contributed by atoms with E-state index < -0.39 is 0 Å². The van der Waals surface area contributed by atoms with E-state index in [9.17, 15) is 0 Å². The molecule has 1 heteroatoms. The molecule has 0 saturated heterocycles. The Morgan fingerprint density at radius 1 is 0.800 bits per heavy atom. The molecule has 0 aromatic heterocycles. The van der Waals surface area contributed by atoms with Crippen molar-refractivity contribution in [3.63, 3.8) is 0 Å². The van der Waals surface area contributed by atoms with E-state index in [0.29, 0.717) is 0 Å². The molecule has 3 aromatic rings. The summed E-state index contributed by atoms with van der Waals surface area (Å²) in [5.74, 6) is 0. The van der Waals surface area contributed by atoms with Crippen molar-refractivity contribution in [2.24, 2.45) is 0 Å². The molecular formula is C19H17Cl. The van der Waals surface area contributed by atoms with Crippen molar-refractivity contribution < 1.29 is 0 Å². The fraction of sp³-hybridized carbons (Fsp3) is 0.158. The van der Waals surface area contributed by atoms with Gasteiger partial charge in [0.1, 0.15) is 0 Å². The molecule has 0 bridgehead atoms. The van der Waals surface area contributed by atoms with Crippen LogP contribution in [0.5, 0.6) is 0 Å². The fourth-order valence-corrected chi connectivity index (χ4v) is 3.06. The fourth-order valence-electron chi connectivity index (χ4n) is 2.94. The summed E-state index contributed by atoms with van der Waals surface area (Å²) in [4.78, 5) is 0. The number of aryl methyl sites for hydroxylation is 1. The first-order valence-corrected chi connectivity index (χ1v) is 7.26. The van der Waals surface area contributed by atoms with Crippen LogP contribution in [0.4, 0.5) is 0 Å². The molecule has 0 spiro atoms. The SMILES string of the molecule is Cc1c(C)c(/C=C/Cl)c2cc3ccccc3cc2c1C. The highest BCUT2D eigenvalue weighted by atomic mass is 35.5. The van der Waals surface area contributed by atoms with Crippen LogP contribution < -0.4 is 0 Å². The number of fused-ring (bicyclic) bond motifs is 2. The van der Waals surface area contributed by atoms with E-state index in [1.54, 1.807) is 5.54 Å². The van der Waals surface area contributed by atoms with Crippen LogP contribution in [0, 0.1) is 20.8 Å². The lowest BCUT2D eigenvalue weighted by atomic mass is 9.89. The van der Waals surface area contributed by atoms with Gasteiger partial charge in [0, 0.05) is 5.54 Å². The van der Waals surface area contributed by atoms with Crippen LogP contribution >= 0.6 is 11.6 Å². The molecule has 0 unspecified atom stereocenters. The van der Waals surface area contributed by atoms with E-state index in [-0.39, 0.29) is 0 Å². The molecular weight excluding hydrogens is 264 g/mol. The molecule has 0 N–H and O–H groups in total. The number of rotatable bonds is 1. The lowest BCUT2D eigenvalue weighted by Gasteiger charge is -2.15. The topological polar surface area (TPSA) is 0 Å². The largest absolute Gasteiger partial charge is 0.0929 e. The maximum atomic E-state index is 5.84. The van der Waals surface area contributed by atoms with Gasteiger partial charge >= 0.3 is 0 Å². The molecule has 0 amide bonds. The Bertz CT molecular complexity index is 841. The predicted molar refractivity (Wildman–Crippen MR) is 90.6 cm³/mol. The second-order valence-corrected chi connectivity index (χ2v) is 5.58. The molecule has 20 heavy (non-hydrogen) atoms. The third-order valence-electron chi connectivity index (χ3n) is 4.34. The van der Waals surface area contributed by atoms with Gasteiger partial charge in [-0.3, -0.25) is 0 Å². The molecule has 0 aliphatic rings. The van der Waals surface area contributed by atoms with Gasteiger partial charge in [-0.15, -0.1) is 0 Å². The third kappa shape index (κ3) is 1.92. The molecule has 0 heterocycles. The Balaban J connectivity index is 2.56. The number of hydrogen-bond acceptors (Lipinski definition) is 0. The zero-order valence-electron chi connectivity index (χ0n) is 12.0. The third-order valence-corrected chi connectivity index (χ3v) is 4.46. The Morgan fingerprint density at radius 3 is 2.00 bits per heavy atom. The zero-order chi connectivity index (χ0) is 14.3. The van der Waals surface area contributed by atoms with Gasteiger partial charge in [-0.1, -0.05) is 35.9 Å². The summed E-state index contributed by atoms with van der Waals surface area (Å²) in [5, 5.41) is 5.15. The van der Waals surface area contributed by atoms with Crippen molar-refractivity contribution >= 4 is 39.2 Å². The molecule has 0 nitrogen and oxygen atoms in total. The highest BCUT2D eigenvalue weighted by Crippen LogP contribution is 2.33. The van der Waals surface area contributed by atoms with Crippen LogP contribution in [-0.2, 0) is 0 Å². The summed E-state index contributed by atoms with van der Waals surface area (Å²) in [5.41, 5.74) is 6.84. The number of benzene rings is 3. The quantitative estimate of drug-likeness (QED) is 0.471. The minimum atomic E-state index is 1.23. The zero-order valence-corrected chi connectivity index (χ0v) is 12.8. The van der Waals surface area contributed by atoms with E-state index in [2.05, 4.69) is 57.2 Å². The summed E-state index contributed by atoms with van der Waals surface area (Å²) in [6.45, 7) is 6.56. The van der Waals surface area contributed by atoms with E-state index >= 15 is 0 Å². The van der Waals surface area contributed by atoms with Crippen molar-refractivity contribution in [1.82, 2.24) is 0 Å². The molecule has 3 rings (SSSR count). The summed E-state index contributed by atoms with van der Waals surface area (Å²) in [6.07, 6.45) is 2.00. The molecule has 0 radical (unpaired) electrons. The Morgan fingerprint density at radius 2 is 1.40 bits per heavy atom. The van der Waals surface area contributed by atoms with Crippen molar-refractivity contribution in [1.29, 1.82) is 0 Å². The lowest BCUT2D eigenvalue weighted by molar-refractivity contribution is 1.29. The first-order valence-electron chi connectivity index (χ1n) is 6.82. The van der Waals surface area contributed by atoms with Gasteiger partial charge in [0.05, 0.1) is 0 Å². The molecule has 0 aliphatic carbocycles. The van der Waals surface area contributed by atoms with Gasteiger partial charge in [0.2, 0.25) is 0 Å². The van der Waals surface area contributed by atoms with Crippen LogP contribution in [0.25, 0.3) is 27.6 Å². The Labute approximate surface area is 124 Å². The summed E-state index contributed by atoms with van der Waals surface area (Å²) in [7, 11) is 0. The second-order valence-electron chi connectivity index (χ2n) is 5.33. The molecule has 3 aromatic carbocycles. The van der Waals surface area contributed by atoms with Gasteiger partial charge in [-0.05, 0) is 82.8 Å². The molecule has 0 fully saturated rings. The predicted octanol–water partition coefficient (Wildman–Crippen LogP) is 6.13. The minimum absolute atomic E-state index is 1.23.